The molecule has 0 saturated carbocycles. The molecule has 2 N–H and O–H groups in total. The second-order valence-corrected chi connectivity index (χ2v) is 6.80. The van der Waals surface area contributed by atoms with Gasteiger partial charge in [-0.05, 0) is 48.7 Å². The second-order valence-electron chi connectivity index (χ2n) is 6.80. The van der Waals surface area contributed by atoms with Crippen molar-refractivity contribution >= 4 is 17.4 Å². The van der Waals surface area contributed by atoms with Gasteiger partial charge >= 0.3 is 0 Å². The van der Waals surface area contributed by atoms with Crippen molar-refractivity contribution < 1.29 is 9.59 Å². The van der Waals surface area contributed by atoms with Crippen LogP contribution >= 0.6 is 0 Å². The fourth-order valence-corrected chi connectivity index (χ4v) is 3.83. The van der Waals surface area contributed by atoms with Crippen LogP contribution < -0.4 is 10.6 Å². The maximum Gasteiger partial charge on any atom is 0.228 e. The minimum atomic E-state index is -0.397. The summed E-state index contributed by atoms with van der Waals surface area (Å²) in [5.74, 6) is 0.176. The summed E-state index contributed by atoms with van der Waals surface area (Å²) in [5.41, 5.74) is 3.26. The molecule has 2 aromatic rings. The van der Waals surface area contributed by atoms with E-state index in [0.717, 1.165) is 30.6 Å². The van der Waals surface area contributed by atoms with Gasteiger partial charge in [0.1, 0.15) is 0 Å². The molecule has 122 valence electrons. The zero-order valence-corrected chi connectivity index (χ0v) is 13.5. The number of ketones is 1. The molecule has 24 heavy (non-hydrogen) atoms. The van der Waals surface area contributed by atoms with Crippen molar-refractivity contribution in [1.82, 2.24) is 5.32 Å². The van der Waals surface area contributed by atoms with E-state index in [2.05, 4.69) is 22.8 Å². The molecule has 2 aromatic carbocycles. The van der Waals surface area contributed by atoms with Crippen LogP contribution in [0.1, 0.15) is 27.9 Å². The van der Waals surface area contributed by atoms with Crippen LogP contribution in [0.3, 0.4) is 0 Å². The van der Waals surface area contributed by atoms with E-state index >= 15 is 0 Å². The Morgan fingerprint density at radius 1 is 1.12 bits per heavy atom. The first-order chi connectivity index (χ1) is 11.7. The van der Waals surface area contributed by atoms with E-state index in [9.17, 15) is 9.59 Å². The molecule has 2 heterocycles. The molecule has 2 aliphatic rings. The van der Waals surface area contributed by atoms with Gasteiger partial charge in [0.25, 0.3) is 0 Å². The zero-order chi connectivity index (χ0) is 16.6. The average molecular weight is 320 g/mol. The summed E-state index contributed by atoms with van der Waals surface area (Å²) in [6.07, 6.45) is 1.95. The van der Waals surface area contributed by atoms with Gasteiger partial charge < -0.3 is 10.6 Å². The van der Waals surface area contributed by atoms with Crippen LogP contribution in [0.4, 0.5) is 5.69 Å². The number of carbonyl (C=O) groups is 2. The third-order valence-corrected chi connectivity index (χ3v) is 5.10. The lowest BCUT2D eigenvalue weighted by molar-refractivity contribution is -0.115. The highest BCUT2D eigenvalue weighted by Crippen LogP contribution is 2.35. The van der Waals surface area contributed by atoms with Crippen molar-refractivity contribution in [3.05, 3.63) is 65.2 Å². The van der Waals surface area contributed by atoms with Gasteiger partial charge in [-0.3, -0.25) is 9.59 Å². The Morgan fingerprint density at radius 3 is 2.71 bits per heavy atom. The van der Waals surface area contributed by atoms with Gasteiger partial charge in [-0.1, -0.05) is 30.3 Å². The molecule has 0 aromatic heterocycles. The number of fused-ring (bicyclic) bond motifs is 1. The normalized spacial score (nSPS) is 22.2. The van der Waals surface area contributed by atoms with Crippen molar-refractivity contribution in [1.29, 1.82) is 0 Å². The summed E-state index contributed by atoms with van der Waals surface area (Å²) >= 11 is 0. The Balaban J connectivity index is 1.65. The minimum Gasteiger partial charge on any atom is -0.326 e. The summed E-state index contributed by atoms with van der Waals surface area (Å²) in [4.78, 5) is 24.8. The van der Waals surface area contributed by atoms with Crippen LogP contribution in [0.25, 0.3) is 0 Å². The molecule has 1 atom stereocenters. The molecule has 0 bridgehead atoms. The predicted molar refractivity (Wildman–Crippen MR) is 93.2 cm³/mol. The van der Waals surface area contributed by atoms with E-state index in [-0.39, 0.29) is 11.7 Å². The van der Waals surface area contributed by atoms with Crippen molar-refractivity contribution in [2.24, 2.45) is 5.41 Å². The van der Waals surface area contributed by atoms with Crippen LogP contribution in [-0.2, 0) is 17.6 Å². The number of hydrogen-bond acceptors (Lipinski definition) is 3. The standard InChI is InChI=1S/C20H20N2O2/c23-18-11-16-10-15(6-7-17(16)22-18)19(24)20(8-9-21-13-20)12-14-4-2-1-3-5-14/h1-7,10,21H,8-9,11-13H2,(H,22,23). The van der Waals surface area contributed by atoms with Crippen LogP contribution in [0, 0.1) is 5.41 Å². The van der Waals surface area contributed by atoms with Gasteiger partial charge in [0.2, 0.25) is 5.91 Å². The van der Waals surface area contributed by atoms with Crippen molar-refractivity contribution in [3.8, 4) is 0 Å². The highest BCUT2D eigenvalue weighted by molar-refractivity contribution is 6.04. The molecule has 4 heteroatoms. The number of hydrogen-bond donors (Lipinski definition) is 2. The fraction of sp³-hybridized carbons (Fsp3) is 0.300. The first kappa shape index (κ1) is 15.1. The third kappa shape index (κ3) is 2.63. The summed E-state index contributed by atoms with van der Waals surface area (Å²) in [6.45, 7) is 1.57. The molecule has 1 unspecified atom stereocenters. The van der Waals surface area contributed by atoms with E-state index < -0.39 is 5.41 Å². The van der Waals surface area contributed by atoms with Gasteiger partial charge in [0.05, 0.1) is 11.8 Å². The Hall–Kier alpha value is -2.46. The van der Waals surface area contributed by atoms with Crippen LogP contribution in [0.5, 0.6) is 0 Å². The molecular formula is C20H20N2O2. The zero-order valence-electron chi connectivity index (χ0n) is 13.5. The first-order valence-corrected chi connectivity index (χ1v) is 8.39. The summed E-state index contributed by atoms with van der Waals surface area (Å²) in [6, 6.07) is 15.8. The Morgan fingerprint density at radius 2 is 1.96 bits per heavy atom. The molecule has 4 nitrogen and oxygen atoms in total. The first-order valence-electron chi connectivity index (χ1n) is 8.39. The van der Waals surface area contributed by atoms with E-state index in [1.165, 1.54) is 5.56 Å². The smallest absolute Gasteiger partial charge is 0.228 e. The third-order valence-electron chi connectivity index (χ3n) is 5.10. The van der Waals surface area contributed by atoms with Crippen LogP contribution in [-0.4, -0.2) is 24.8 Å². The number of carbonyl (C=O) groups excluding carboxylic acids is 2. The maximum absolute atomic E-state index is 13.3. The topological polar surface area (TPSA) is 58.2 Å². The number of Topliss-reactive ketones (excluding diaryl/α,β-unsaturated/α-hetero) is 1. The molecule has 1 amide bonds. The second kappa shape index (κ2) is 5.87. The molecule has 2 aliphatic heterocycles. The molecule has 0 radical (unpaired) electrons. The largest absolute Gasteiger partial charge is 0.326 e. The van der Waals surface area contributed by atoms with E-state index in [0.29, 0.717) is 18.5 Å². The number of nitrogens with one attached hydrogen (secondary N) is 2. The molecule has 1 fully saturated rings. The molecule has 1 saturated heterocycles. The highest BCUT2D eigenvalue weighted by Gasteiger charge is 2.41. The highest BCUT2D eigenvalue weighted by atomic mass is 16.2. The van der Waals surface area contributed by atoms with E-state index in [1.807, 2.05) is 36.4 Å². The van der Waals surface area contributed by atoms with Crippen LogP contribution in [0.15, 0.2) is 48.5 Å². The lowest BCUT2D eigenvalue weighted by Crippen LogP contribution is -2.36. The molecule has 0 aliphatic carbocycles. The summed E-state index contributed by atoms with van der Waals surface area (Å²) in [5, 5.41) is 6.18. The van der Waals surface area contributed by atoms with Crippen LogP contribution in [0.2, 0.25) is 0 Å². The van der Waals surface area contributed by atoms with Gasteiger partial charge in [-0.15, -0.1) is 0 Å². The van der Waals surface area contributed by atoms with E-state index in [1.54, 1.807) is 0 Å². The van der Waals surface area contributed by atoms with Gasteiger partial charge in [0.15, 0.2) is 5.78 Å². The van der Waals surface area contributed by atoms with Gasteiger partial charge in [0, 0.05) is 17.8 Å². The van der Waals surface area contributed by atoms with Crippen molar-refractivity contribution in [2.75, 3.05) is 18.4 Å². The summed E-state index contributed by atoms with van der Waals surface area (Å²) in [7, 11) is 0. The lowest BCUT2D eigenvalue weighted by atomic mass is 9.74. The van der Waals surface area contributed by atoms with Gasteiger partial charge in [-0.2, -0.15) is 0 Å². The average Bonchev–Trinajstić information content (AvgIpc) is 3.20. The van der Waals surface area contributed by atoms with Crippen molar-refractivity contribution in [3.63, 3.8) is 0 Å². The predicted octanol–water partition coefficient (Wildman–Crippen LogP) is 2.59. The minimum absolute atomic E-state index is 0.00358. The van der Waals surface area contributed by atoms with Gasteiger partial charge in [-0.25, -0.2) is 0 Å². The lowest BCUT2D eigenvalue weighted by Gasteiger charge is -2.27. The molecule has 0 spiro atoms. The number of rotatable bonds is 4. The quantitative estimate of drug-likeness (QED) is 0.851. The SMILES string of the molecule is O=C1Cc2cc(C(=O)C3(Cc4ccccc4)CCNC3)ccc2N1. The number of anilines is 1. The fourth-order valence-electron chi connectivity index (χ4n) is 3.83. The molecular weight excluding hydrogens is 300 g/mol. The number of amides is 1. The molecule has 4 rings (SSSR count). The summed E-state index contributed by atoms with van der Waals surface area (Å²) < 4.78 is 0. The van der Waals surface area contributed by atoms with Crippen molar-refractivity contribution in [2.45, 2.75) is 19.3 Å². The Bertz CT molecular complexity index is 793. The Kier molecular flexibility index (Phi) is 3.69. The Labute approximate surface area is 141 Å². The monoisotopic (exact) mass is 320 g/mol. The van der Waals surface area contributed by atoms with E-state index in [4.69, 9.17) is 0 Å². The maximum atomic E-state index is 13.3. The number of benzene rings is 2.